The number of hydrogen-bond donors (Lipinski definition) is 0. The number of rotatable bonds is 8. The van der Waals surface area contributed by atoms with E-state index in [1.807, 2.05) is 24.3 Å². The quantitative estimate of drug-likeness (QED) is 0.239. The predicted molar refractivity (Wildman–Crippen MR) is 127 cm³/mol. The van der Waals surface area contributed by atoms with Crippen LogP contribution in [0.3, 0.4) is 0 Å². The highest BCUT2D eigenvalue weighted by Crippen LogP contribution is 2.33. The van der Waals surface area contributed by atoms with Crippen LogP contribution in [-0.4, -0.2) is 51.8 Å². The van der Waals surface area contributed by atoms with E-state index < -0.39 is 0 Å². The molecule has 8 heteroatoms. The number of halogens is 1. The van der Waals surface area contributed by atoms with Gasteiger partial charge in [-0.3, -0.25) is 4.79 Å². The van der Waals surface area contributed by atoms with Crippen molar-refractivity contribution in [1.29, 1.82) is 0 Å². The van der Waals surface area contributed by atoms with Crippen molar-refractivity contribution in [3.05, 3.63) is 59.9 Å². The third-order valence-electron chi connectivity index (χ3n) is 5.97. The lowest BCUT2D eigenvalue weighted by Gasteiger charge is -2.33. The molecule has 1 saturated heterocycles. The van der Waals surface area contributed by atoms with Crippen molar-refractivity contribution < 1.29 is 18.7 Å². The van der Waals surface area contributed by atoms with Gasteiger partial charge in [-0.25, -0.2) is 14.2 Å². The van der Waals surface area contributed by atoms with Gasteiger partial charge in [-0.15, -0.1) is 0 Å². The van der Waals surface area contributed by atoms with Crippen molar-refractivity contribution >= 4 is 33.9 Å². The number of carbonyl (C=O) groups excluding carboxylic acids is 2. The molecule has 2 aromatic carbocycles. The van der Waals surface area contributed by atoms with Crippen LogP contribution in [0.15, 0.2) is 53.7 Å². The number of nitrogens with zero attached hydrogens (tertiary/aromatic N) is 3. The summed E-state index contributed by atoms with van der Waals surface area (Å²) in [5, 5.41) is 0.343. The van der Waals surface area contributed by atoms with Gasteiger partial charge >= 0.3 is 5.30 Å². The molecule has 4 rings (SSSR count). The summed E-state index contributed by atoms with van der Waals surface area (Å²) < 4.78 is 20.3. The highest BCUT2D eigenvalue weighted by atomic mass is 32.2. The molecule has 0 N–H and O–H groups in total. The van der Waals surface area contributed by atoms with E-state index in [1.54, 1.807) is 19.1 Å². The van der Waals surface area contributed by atoms with E-state index in [9.17, 15) is 14.0 Å². The minimum atomic E-state index is -0.336. The van der Waals surface area contributed by atoms with Crippen LogP contribution in [0.25, 0.3) is 11.0 Å². The Morgan fingerprint density at radius 1 is 1.12 bits per heavy atom. The number of carbonyl (C=O) groups is 2. The molecule has 0 aliphatic carbocycles. The summed E-state index contributed by atoms with van der Waals surface area (Å²) in [6.45, 7) is 4.84. The molecule has 2 heterocycles. The number of Topliss-reactive ketones (excluding diaryl/α,β-unsaturated/α-hetero) is 1. The molecule has 0 bridgehead atoms. The summed E-state index contributed by atoms with van der Waals surface area (Å²) in [6, 6.07) is 14.0. The first kappa shape index (κ1) is 23.4. The summed E-state index contributed by atoms with van der Waals surface area (Å²) in [6.07, 6.45) is 3.13. The van der Waals surface area contributed by atoms with Gasteiger partial charge in [0, 0.05) is 42.9 Å². The molecule has 6 nitrogen and oxygen atoms in total. The van der Waals surface area contributed by atoms with E-state index >= 15 is 0 Å². The maximum absolute atomic E-state index is 13.0. The Bertz CT molecular complexity index is 1110. The molecular formula is C25H28FN3O3S. The zero-order chi connectivity index (χ0) is 23.2. The standard InChI is InChI=1S/C25H28FN3O3S/c1-2-32-25(31)33-24-27-21-6-3-4-7-22(21)29(24)20-13-16-28(17-14-20)15-5-8-23(30)18-9-11-19(26)12-10-18/h3-4,6-7,9-12,20H,2,5,8,13-17H2,1H3. The fourth-order valence-corrected chi connectivity index (χ4v) is 5.13. The molecule has 0 radical (unpaired) electrons. The molecule has 0 atom stereocenters. The lowest BCUT2D eigenvalue weighted by atomic mass is 10.0. The van der Waals surface area contributed by atoms with E-state index in [1.165, 1.54) is 12.1 Å². The normalized spacial score (nSPS) is 15.1. The minimum absolute atomic E-state index is 0.0513. The molecular weight excluding hydrogens is 441 g/mol. The second kappa shape index (κ2) is 10.9. The maximum atomic E-state index is 13.0. The first-order valence-corrected chi connectivity index (χ1v) is 12.2. The summed E-state index contributed by atoms with van der Waals surface area (Å²) in [7, 11) is 0. The van der Waals surface area contributed by atoms with Crippen LogP contribution >= 0.6 is 11.8 Å². The SMILES string of the molecule is CCOC(=O)Sc1nc2ccccc2n1C1CCN(CCCC(=O)c2ccc(F)cc2)CC1. The number of benzene rings is 2. The van der Waals surface area contributed by atoms with Crippen molar-refractivity contribution in [3.63, 3.8) is 0 Å². The number of thioether (sulfide) groups is 1. The van der Waals surface area contributed by atoms with Gasteiger partial charge in [-0.2, -0.15) is 0 Å². The van der Waals surface area contributed by atoms with Gasteiger partial charge in [0.05, 0.1) is 17.6 Å². The summed E-state index contributed by atoms with van der Waals surface area (Å²) in [4.78, 5) is 31.5. The van der Waals surface area contributed by atoms with Crippen LogP contribution in [0.1, 0.15) is 49.0 Å². The molecule has 0 unspecified atom stereocenters. The molecule has 33 heavy (non-hydrogen) atoms. The van der Waals surface area contributed by atoms with Gasteiger partial charge in [-0.05, 0) is 69.1 Å². The highest BCUT2D eigenvalue weighted by molar-refractivity contribution is 8.13. The monoisotopic (exact) mass is 469 g/mol. The van der Waals surface area contributed by atoms with Crippen molar-refractivity contribution in [3.8, 4) is 0 Å². The maximum Gasteiger partial charge on any atom is 0.375 e. The van der Waals surface area contributed by atoms with Crippen molar-refractivity contribution in [2.45, 2.75) is 43.8 Å². The predicted octanol–water partition coefficient (Wildman–Crippen LogP) is 5.72. The number of piperidine rings is 1. The summed E-state index contributed by atoms with van der Waals surface area (Å²) in [5.41, 5.74) is 2.48. The smallest absolute Gasteiger partial charge is 0.375 e. The highest BCUT2D eigenvalue weighted by Gasteiger charge is 2.26. The molecule has 1 aromatic heterocycles. The van der Waals surface area contributed by atoms with Crippen LogP contribution in [0.5, 0.6) is 0 Å². The van der Waals surface area contributed by atoms with Crippen LogP contribution in [0, 0.1) is 5.82 Å². The number of likely N-dealkylation sites (tertiary alicyclic amines) is 1. The third kappa shape index (κ3) is 5.81. The molecule has 174 valence electrons. The molecule has 1 aliphatic heterocycles. The van der Waals surface area contributed by atoms with Crippen LogP contribution in [0.4, 0.5) is 9.18 Å². The lowest BCUT2D eigenvalue weighted by molar-refractivity contribution is 0.0970. The fraction of sp³-hybridized carbons (Fsp3) is 0.400. The Kier molecular flexibility index (Phi) is 7.77. The van der Waals surface area contributed by atoms with Gasteiger partial charge in [0.25, 0.3) is 0 Å². The zero-order valence-electron chi connectivity index (χ0n) is 18.7. The van der Waals surface area contributed by atoms with E-state index in [2.05, 4.69) is 14.5 Å². The molecule has 3 aromatic rings. The summed E-state index contributed by atoms with van der Waals surface area (Å²) in [5.74, 6) is -0.278. The van der Waals surface area contributed by atoms with Crippen molar-refractivity contribution in [1.82, 2.24) is 14.5 Å². The Hall–Kier alpha value is -2.71. The number of para-hydroxylation sites is 2. The second-order valence-corrected chi connectivity index (χ2v) is 9.05. The first-order valence-electron chi connectivity index (χ1n) is 11.4. The lowest BCUT2D eigenvalue weighted by Crippen LogP contribution is -2.35. The van der Waals surface area contributed by atoms with Crippen LogP contribution < -0.4 is 0 Å². The van der Waals surface area contributed by atoms with E-state index in [4.69, 9.17) is 4.74 Å². The number of ether oxygens (including phenoxy) is 1. The van der Waals surface area contributed by atoms with E-state index in [0.29, 0.717) is 23.7 Å². The molecule has 1 aliphatic rings. The van der Waals surface area contributed by atoms with E-state index in [-0.39, 0.29) is 22.9 Å². The minimum Gasteiger partial charge on any atom is -0.458 e. The third-order valence-corrected chi connectivity index (χ3v) is 6.72. The number of fused-ring (bicyclic) bond motifs is 1. The summed E-state index contributed by atoms with van der Waals surface area (Å²) >= 11 is 1.05. The van der Waals surface area contributed by atoms with Crippen molar-refractivity contribution in [2.75, 3.05) is 26.2 Å². The Balaban J connectivity index is 1.34. The number of ketones is 1. The fourth-order valence-electron chi connectivity index (χ4n) is 4.31. The topological polar surface area (TPSA) is 64.4 Å². The van der Waals surface area contributed by atoms with Crippen molar-refractivity contribution in [2.24, 2.45) is 0 Å². The van der Waals surface area contributed by atoms with Gasteiger partial charge < -0.3 is 14.2 Å². The zero-order valence-corrected chi connectivity index (χ0v) is 19.5. The molecule has 1 fully saturated rings. The van der Waals surface area contributed by atoms with Crippen LogP contribution in [-0.2, 0) is 4.74 Å². The second-order valence-electron chi connectivity index (χ2n) is 8.14. The number of aromatic nitrogens is 2. The number of imidazole rings is 1. The number of hydrogen-bond acceptors (Lipinski definition) is 6. The van der Waals surface area contributed by atoms with E-state index in [0.717, 1.165) is 61.7 Å². The van der Waals surface area contributed by atoms with Gasteiger partial charge in [0.15, 0.2) is 10.9 Å². The molecule has 0 spiro atoms. The average Bonchev–Trinajstić information content (AvgIpc) is 3.17. The van der Waals surface area contributed by atoms with Gasteiger partial charge in [0.2, 0.25) is 0 Å². The first-order chi connectivity index (χ1) is 16.0. The Morgan fingerprint density at radius 3 is 2.58 bits per heavy atom. The molecule has 0 saturated carbocycles. The molecule has 0 amide bonds. The van der Waals surface area contributed by atoms with Gasteiger partial charge in [-0.1, -0.05) is 12.1 Å². The largest absolute Gasteiger partial charge is 0.458 e. The Labute approximate surface area is 197 Å². The van der Waals surface area contributed by atoms with Crippen LogP contribution in [0.2, 0.25) is 0 Å². The average molecular weight is 470 g/mol. The van der Waals surface area contributed by atoms with Gasteiger partial charge in [0.1, 0.15) is 5.82 Å². The Morgan fingerprint density at radius 2 is 1.85 bits per heavy atom.